The fourth-order valence-electron chi connectivity index (χ4n) is 1.67. The van der Waals surface area contributed by atoms with E-state index in [1.165, 1.54) is 6.07 Å². The van der Waals surface area contributed by atoms with Crippen molar-refractivity contribution in [2.24, 2.45) is 0 Å². The molecule has 1 aromatic carbocycles. The molecule has 1 N–H and O–H groups in total. The van der Waals surface area contributed by atoms with E-state index in [0.717, 1.165) is 24.8 Å². The monoisotopic (exact) mass is 219 g/mol. The van der Waals surface area contributed by atoms with Crippen LogP contribution in [0.2, 0.25) is 0 Å². The maximum Gasteiger partial charge on any atom is 0.123 e. The minimum atomic E-state index is -0.166. The quantitative estimate of drug-likeness (QED) is 0.751. The Morgan fingerprint density at radius 1 is 1.44 bits per heavy atom. The van der Waals surface area contributed by atoms with E-state index in [2.05, 4.69) is 17.2 Å². The van der Waals surface area contributed by atoms with Crippen LogP contribution in [-0.4, -0.2) is 13.1 Å². The molecule has 1 rings (SSSR count). The topological polar surface area (TPSA) is 12.0 Å². The zero-order valence-corrected chi connectivity index (χ0v) is 9.89. The molecule has 1 atom stereocenters. The highest BCUT2D eigenvalue weighted by atomic mass is 19.1. The van der Waals surface area contributed by atoms with E-state index in [-0.39, 0.29) is 5.82 Å². The largest absolute Gasteiger partial charge is 0.317 e. The van der Waals surface area contributed by atoms with E-state index < -0.39 is 0 Å². The molecule has 0 aliphatic carbocycles. The zero-order valence-electron chi connectivity index (χ0n) is 9.89. The Morgan fingerprint density at radius 2 is 2.25 bits per heavy atom. The van der Waals surface area contributed by atoms with Crippen LogP contribution in [0.4, 0.5) is 4.39 Å². The van der Waals surface area contributed by atoms with Crippen molar-refractivity contribution in [1.29, 1.82) is 0 Å². The van der Waals surface area contributed by atoms with Gasteiger partial charge in [-0.3, -0.25) is 0 Å². The molecule has 0 saturated heterocycles. The summed E-state index contributed by atoms with van der Waals surface area (Å²) in [5.41, 5.74) is 1.03. The smallest absolute Gasteiger partial charge is 0.123 e. The lowest BCUT2D eigenvalue weighted by Gasteiger charge is -2.14. The molecule has 1 nitrogen and oxygen atoms in total. The molecule has 1 aromatic rings. The van der Waals surface area contributed by atoms with Crippen LogP contribution in [-0.2, 0) is 6.42 Å². The average Bonchev–Trinajstić information content (AvgIpc) is 2.28. The molecule has 0 radical (unpaired) electrons. The highest BCUT2D eigenvalue weighted by molar-refractivity contribution is 5.17. The van der Waals surface area contributed by atoms with Gasteiger partial charge in [0, 0.05) is 12.5 Å². The minimum Gasteiger partial charge on any atom is -0.317 e. The van der Waals surface area contributed by atoms with Crippen molar-refractivity contribution in [2.75, 3.05) is 7.05 Å². The first kappa shape index (κ1) is 12.7. The highest BCUT2D eigenvalue weighted by Gasteiger charge is 2.06. The third-order valence-electron chi connectivity index (χ3n) is 2.57. The third kappa shape index (κ3) is 4.46. The highest BCUT2D eigenvalue weighted by Crippen LogP contribution is 2.09. The van der Waals surface area contributed by atoms with Gasteiger partial charge in [-0.1, -0.05) is 12.1 Å². The Hall–Kier alpha value is -1.33. The summed E-state index contributed by atoms with van der Waals surface area (Å²) in [4.78, 5) is 0. The van der Waals surface area contributed by atoms with Gasteiger partial charge in [-0.15, -0.1) is 11.8 Å². The minimum absolute atomic E-state index is 0.166. The van der Waals surface area contributed by atoms with E-state index in [0.29, 0.717) is 6.04 Å². The molecule has 16 heavy (non-hydrogen) atoms. The van der Waals surface area contributed by atoms with Crippen LogP contribution < -0.4 is 5.32 Å². The fourth-order valence-corrected chi connectivity index (χ4v) is 1.67. The molecule has 1 unspecified atom stereocenters. The summed E-state index contributed by atoms with van der Waals surface area (Å²) in [5.74, 6) is 5.76. The molecule has 0 fully saturated rings. The lowest BCUT2D eigenvalue weighted by Crippen LogP contribution is -2.27. The van der Waals surface area contributed by atoms with Crippen molar-refractivity contribution >= 4 is 0 Å². The van der Waals surface area contributed by atoms with E-state index in [9.17, 15) is 4.39 Å². The van der Waals surface area contributed by atoms with Gasteiger partial charge < -0.3 is 5.32 Å². The predicted molar refractivity (Wildman–Crippen MR) is 65.6 cm³/mol. The fraction of sp³-hybridized carbons (Fsp3) is 0.429. The number of likely N-dealkylation sites (N-methyl/N-ethyl adjacent to an activating group) is 1. The number of benzene rings is 1. The molecule has 0 aromatic heterocycles. The second-order valence-electron chi connectivity index (χ2n) is 3.79. The number of halogens is 1. The second kappa shape index (κ2) is 7.03. The zero-order chi connectivity index (χ0) is 11.8. The molecule has 0 aliphatic heterocycles. The first-order valence-electron chi connectivity index (χ1n) is 5.57. The van der Waals surface area contributed by atoms with Crippen LogP contribution in [0.25, 0.3) is 0 Å². The Morgan fingerprint density at radius 3 is 2.88 bits per heavy atom. The Balaban J connectivity index is 2.51. The van der Waals surface area contributed by atoms with Crippen LogP contribution in [0, 0.1) is 17.7 Å². The van der Waals surface area contributed by atoms with E-state index >= 15 is 0 Å². The molecule has 0 saturated carbocycles. The van der Waals surface area contributed by atoms with Gasteiger partial charge in [0.1, 0.15) is 5.82 Å². The Kier molecular flexibility index (Phi) is 5.60. The number of nitrogens with one attached hydrogen (secondary N) is 1. The molecule has 0 amide bonds. The van der Waals surface area contributed by atoms with Crippen LogP contribution in [0.5, 0.6) is 0 Å². The van der Waals surface area contributed by atoms with Gasteiger partial charge >= 0.3 is 0 Å². The van der Waals surface area contributed by atoms with Crippen LogP contribution in [0.3, 0.4) is 0 Å². The molecule has 2 heteroatoms. The maximum atomic E-state index is 13.0. The van der Waals surface area contributed by atoms with Gasteiger partial charge in [0.05, 0.1) is 0 Å². The summed E-state index contributed by atoms with van der Waals surface area (Å²) < 4.78 is 13.0. The summed E-state index contributed by atoms with van der Waals surface area (Å²) in [7, 11) is 1.93. The Bertz CT molecular complexity index is 376. The standard InChI is InChI=1S/C14H18FN/c1-3-4-5-9-14(16-2)11-12-7-6-8-13(15)10-12/h6-8,10,14,16H,5,9,11H2,1-2H3. The first-order valence-corrected chi connectivity index (χ1v) is 5.57. The summed E-state index contributed by atoms with van der Waals surface area (Å²) in [6.45, 7) is 1.85. The normalized spacial score (nSPS) is 11.7. The Labute approximate surface area is 97.1 Å². The van der Waals surface area contributed by atoms with Gasteiger partial charge in [-0.2, -0.15) is 0 Å². The lowest BCUT2D eigenvalue weighted by molar-refractivity contribution is 0.525. The van der Waals surface area contributed by atoms with E-state index in [1.807, 2.05) is 20.0 Å². The van der Waals surface area contributed by atoms with Gasteiger partial charge in [-0.25, -0.2) is 4.39 Å². The van der Waals surface area contributed by atoms with Crippen LogP contribution in [0.15, 0.2) is 24.3 Å². The second-order valence-corrected chi connectivity index (χ2v) is 3.79. The molecule has 86 valence electrons. The van der Waals surface area contributed by atoms with Crippen molar-refractivity contribution in [3.05, 3.63) is 35.6 Å². The molecular weight excluding hydrogens is 201 g/mol. The van der Waals surface area contributed by atoms with Gasteiger partial charge in [0.2, 0.25) is 0 Å². The number of rotatable bonds is 5. The third-order valence-corrected chi connectivity index (χ3v) is 2.57. The summed E-state index contributed by atoms with van der Waals surface area (Å²) in [5, 5.41) is 3.24. The lowest BCUT2D eigenvalue weighted by atomic mass is 10.0. The molecule has 0 spiro atoms. The van der Waals surface area contributed by atoms with E-state index in [1.54, 1.807) is 12.1 Å². The van der Waals surface area contributed by atoms with Crippen molar-refractivity contribution < 1.29 is 4.39 Å². The summed E-state index contributed by atoms with van der Waals surface area (Å²) >= 11 is 0. The van der Waals surface area contributed by atoms with Crippen molar-refractivity contribution in [2.45, 2.75) is 32.2 Å². The van der Waals surface area contributed by atoms with Crippen molar-refractivity contribution in [3.63, 3.8) is 0 Å². The van der Waals surface area contributed by atoms with Crippen LogP contribution >= 0.6 is 0 Å². The first-order chi connectivity index (χ1) is 7.76. The molecular formula is C14H18FN. The van der Waals surface area contributed by atoms with Crippen molar-refractivity contribution in [1.82, 2.24) is 5.32 Å². The van der Waals surface area contributed by atoms with Gasteiger partial charge in [-0.05, 0) is 44.5 Å². The molecule has 0 bridgehead atoms. The summed E-state index contributed by atoms with van der Waals surface area (Å²) in [6.07, 6.45) is 2.73. The van der Waals surface area contributed by atoms with Crippen molar-refractivity contribution in [3.8, 4) is 11.8 Å². The number of hydrogen-bond donors (Lipinski definition) is 1. The maximum absolute atomic E-state index is 13.0. The van der Waals surface area contributed by atoms with Gasteiger partial charge in [0.15, 0.2) is 0 Å². The average molecular weight is 219 g/mol. The van der Waals surface area contributed by atoms with Gasteiger partial charge in [0.25, 0.3) is 0 Å². The molecule has 0 aliphatic rings. The SMILES string of the molecule is CC#CCCC(Cc1cccc(F)c1)NC. The molecule has 0 heterocycles. The van der Waals surface area contributed by atoms with Crippen LogP contribution in [0.1, 0.15) is 25.3 Å². The number of hydrogen-bond acceptors (Lipinski definition) is 1. The predicted octanol–water partition coefficient (Wildman–Crippen LogP) is 2.76. The van der Waals surface area contributed by atoms with E-state index in [4.69, 9.17) is 0 Å². The summed E-state index contributed by atoms with van der Waals surface area (Å²) in [6, 6.07) is 7.14.